The third-order valence-corrected chi connectivity index (χ3v) is 3.28. The second kappa shape index (κ2) is 8.24. The standard InChI is InChI=1S/C17H20FN3O2/c1-2-6-14(19)16(22)21-11-12-7-5-10-20-17(12)23-15-9-4-3-8-13(15)18/h3-5,7-10,14H,2,6,11,19H2,1H3,(H,21,22). The average molecular weight is 317 g/mol. The first-order chi connectivity index (χ1) is 11.1. The van der Waals surface area contributed by atoms with Gasteiger partial charge < -0.3 is 15.8 Å². The molecule has 0 aliphatic carbocycles. The minimum atomic E-state index is -0.535. The quantitative estimate of drug-likeness (QED) is 0.823. The number of para-hydroxylation sites is 1. The Balaban J connectivity index is 2.06. The van der Waals surface area contributed by atoms with E-state index in [9.17, 15) is 9.18 Å². The van der Waals surface area contributed by atoms with E-state index in [1.54, 1.807) is 30.5 Å². The van der Waals surface area contributed by atoms with Crippen LogP contribution in [0.1, 0.15) is 25.3 Å². The van der Waals surface area contributed by atoms with Crippen molar-refractivity contribution in [3.63, 3.8) is 0 Å². The van der Waals surface area contributed by atoms with Crippen molar-refractivity contribution in [3.05, 3.63) is 54.0 Å². The minimum absolute atomic E-state index is 0.0847. The summed E-state index contributed by atoms with van der Waals surface area (Å²) < 4.78 is 19.2. The number of nitrogens with one attached hydrogen (secondary N) is 1. The van der Waals surface area contributed by atoms with Gasteiger partial charge in [0.2, 0.25) is 11.8 Å². The van der Waals surface area contributed by atoms with Crippen LogP contribution in [0.15, 0.2) is 42.6 Å². The Labute approximate surface area is 134 Å². The number of hydrogen-bond donors (Lipinski definition) is 2. The number of benzene rings is 1. The SMILES string of the molecule is CCCC(N)C(=O)NCc1cccnc1Oc1ccccc1F. The normalized spacial score (nSPS) is 11.8. The second-order valence-corrected chi connectivity index (χ2v) is 5.11. The van der Waals surface area contributed by atoms with Gasteiger partial charge in [-0.1, -0.05) is 31.5 Å². The van der Waals surface area contributed by atoms with E-state index in [2.05, 4.69) is 10.3 Å². The molecule has 0 aliphatic heterocycles. The molecule has 122 valence electrons. The topological polar surface area (TPSA) is 77.2 Å². The third kappa shape index (κ3) is 4.75. The van der Waals surface area contributed by atoms with Gasteiger partial charge in [0.15, 0.2) is 11.6 Å². The van der Waals surface area contributed by atoms with E-state index in [1.165, 1.54) is 12.1 Å². The number of nitrogens with zero attached hydrogens (tertiary/aromatic N) is 1. The molecular weight excluding hydrogens is 297 g/mol. The van der Waals surface area contributed by atoms with E-state index in [0.29, 0.717) is 12.0 Å². The molecule has 23 heavy (non-hydrogen) atoms. The summed E-state index contributed by atoms with van der Waals surface area (Å²) in [5.74, 6) is -0.367. The summed E-state index contributed by atoms with van der Waals surface area (Å²) in [4.78, 5) is 16.0. The molecule has 2 rings (SSSR count). The van der Waals surface area contributed by atoms with E-state index in [0.717, 1.165) is 6.42 Å². The number of aromatic nitrogens is 1. The lowest BCUT2D eigenvalue weighted by molar-refractivity contribution is -0.122. The zero-order valence-electron chi connectivity index (χ0n) is 13.0. The molecule has 0 saturated heterocycles. The molecule has 2 aromatic rings. The number of pyridine rings is 1. The van der Waals surface area contributed by atoms with Crippen LogP contribution < -0.4 is 15.8 Å². The highest BCUT2D eigenvalue weighted by Crippen LogP contribution is 2.25. The van der Waals surface area contributed by atoms with Gasteiger partial charge in [0.1, 0.15) is 0 Å². The lowest BCUT2D eigenvalue weighted by atomic mass is 10.1. The van der Waals surface area contributed by atoms with Gasteiger partial charge in [-0.2, -0.15) is 0 Å². The first kappa shape index (κ1) is 16.9. The van der Waals surface area contributed by atoms with Gasteiger partial charge >= 0.3 is 0 Å². The monoisotopic (exact) mass is 317 g/mol. The summed E-state index contributed by atoms with van der Waals surface area (Å²) in [7, 11) is 0. The van der Waals surface area contributed by atoms with E-state index in [4.69, 9.17) is 10.5 Å². The van der Waals surface area contributed by atoms with Crippen molar-refractivity contribution < 1.29 is 13.9 Å². The predicted molar refractivity (Wildman–Crippen MR) is 85.4 cm³/mol. The Morgan fingerprint density at radius 2 is 2.13 bits per heavy atom. The smallest absolute Gasteiger partial charge is 0.237 e. The molecule has 0 bridgehead atoms. The molecule has 0 aliphatic rings. The molecule has 1 aromatic heterocycles. The lowest BCUT2D eigenvalue weighted by Gasteiger charge is -2.13. The Bertz CT molecular complexity index is 664. The van der Waals surface area contributed by atoms with Gasteiger partial charge in [0, 0.05) is 18.3 Å². The summed E-state index contributed by atoms with van der Waals surface area (Å²) in [6.45, 7) is 2.18. The molecule has 0 saturated carbocycles. The van der Waals surface area contributed by atoms with Gasteiger partial charge in [-0.05, 0) is 24.6 Å². The molecule has 1 atom stereocenters. The number of amides is 1. The van der Waals surface area contributed by atoms with Crippen LogP contribution in [0, 0.1) is 5.82 Å². The summed E-state index contributed by atoms with van der Waals surface area (Å²) >= 11 is 0. The van der Waals surface area contributed by atoms with Crippen molar-refractivity contribution in [1.29, 1.82) is 0 Å². The number of rotatable bonds is 7. The van der Waals surface area contributed by atoms with Crippen molar-refractivity contribution in [2.24, 2.45) is 5.73 Å². The molecule has 5 nitrogen and oxygen atoms in total. The van der Waals surface area contributed by atoms with E-state index in [-0.39, 0.29) is 24.1 Å². The Morgan fingerprint density at radius 1 is 1.35 bits per heavy atom. The first-order valence-corrected chi connectivity index (χ1v) is 7.51. The van der Waals surface area contributed by atoms with E-state index in [1.807, 2.05) is 6.92 Å². The summed E-state index contributed by atoms with van der Waals surface area (Å²) in [6, 6.07) is 9.03. The molecule has 0 fully saturated rings. The van der Waals surface area contributed by atoms with Crippen LogP contribution in [0.2, 0.25) is 0 Å². The van der Waals surface area contributed by atoms with E-state index < -0.39 is 11.9 Å². The highest BCUT2D eigenvalue weighted by molar-refractivity contribution is 5.81. The Kier molecular flexibility index (Phi) is 6.05. The fourth-order valence-electron chi connectivity index (χ4n) is 2.04. The zero-order chi connectivity index (χ0) is 16.7. The molecule has 3 N–H and O–H groups in total. The maximum atomic E-state index is 13.7. The highest BCUT2D eigenvalue weighted by atomic mass is 19.1. The molecule has 1 unspecified atom stereocenters. The van der Waals surface area contributed by atoms with Crippen molar-refractivity contribution in [3.8, 4) is 11.6 Å². The molecule has 1 amide bonds. The summed E-state index contributed by atoms with van der Waals surface area (Å²) in [5.41, 5.74) is 6.41. The maximum absolute atomic E-state index is 13.7. The van der Waals surface area contributed by atoms with Crippen LogP contribution in [0.3, 0.4) is 0 Å². The van der Waals surface area contributed by atoms with Gasteiger partial charge in [-0.3, -0.25) is 4.79 Å². The van der Waals surface area contributed by atoms with Crippen LogP contribution in [0.4, 0.5) is 4.39 Å². The number of nitrogens with two attached hydrogens (primary N) is 1. The molecule has 0 radical (unpaired) electrons. The number of halogens is 1. The van der Waals surface area contributed by atoms with Gasteiger partial charge in [-0.25, -0.2) is 9.37 Å². The predicted octanol–water partition coefficient (Wildman–Crippen LogP) is 2.76. The van der Waals surface area contributed by atoms with Crippen LogP contribution in [-0.4, -0.2) is 16.9 Å². The number of hydrogen-bond acceptors (Lipinski definition) is 4. The van der Waals surface area contributed by atoms with Gasteiger partial charge in [-0.15, -0.1) is 0 Å². The fraction of sp³-hybridized carbons (Fsp3) is 0.294. The molecular formula is C17H20FN3O2. The summed E-state index contributed by atoms with van der Waals surface area (Å²) in [5, 5.41) is 2.75. The minimum Gasteiger partial charge on any atom is -0.436 e. The van der Waals surface area contributed by atoms with Crippen LogP contribution in [0.5, 0.6) is 11.6 Å². The van der Waals surface area contributed by atoms with E-state index >= 15 is 0 Å². The molecule has 0 spiro atoms. The number of ether oxygens (including phenoxy) is 1. The largest absolute Gasteiger partial charge is 0.436 e. The second-order valence-electron chi connectivity index (χ2n) is 5.11. The fourth-order valence-corrected chi connectivity index (χ4v) is 2.04. The van der Waals surface area contributed by atoms with Crippen molar-refractivity contribution in [2.75, 3.05) is 0 Å². The van der Waals surface area contributed by atoms with Crippen molar-refractivity contribution in [1.82, 2.24) is 10.3 Å². The Morgan fingerprint density at radius 3 is 2.87 bits per heavy atom. The first-order valence-electron chi connectivity index (χ1n) is 7.51. The average Bonchev–Trinajstić information content (AvgIpc) is 2.56. The maximum Gasteiger partial charge on any atom is 0.237 e. The molecule has 1 heterocycles. The number of carbonyl (C=O) groups is 1. The Hall–Kier alpha value is -2.47. The molecule has 6 heteroatoms. The van der Waals surface area contributed by atoms with Crippen molar-refractivity contribution in [2.45, 2.75) is 32.4 Å². The number of carbonyl (C=O) groups excluding carboxylic acids is 1. The van der Waals surface area contributed by atoms with Gasteiger partial charge in [0.05, 0.1) is 6.04 Å². The van der Waals surface area contributed by atoms with Crippen LogP contribution in [0.25, 0.3) is 0 Å². The highest BCUT2D eigenvalue weighted by Gasteiger charge is 2.14. The summed E-state index contributed by atoms with van der Waals surface area (Å²) in [6.07, 6.45) is 3.00. The zero-order valence-corrected chi connectivity index (χ0v) is 13.0. The lowest BCUT2D eigenvalue weighted by Crippen LogP contribution is -2.40. The molecule has 1 aromatic carbocycles. The van der Waals surface area contributed by atoms with Gasteiger partial charge in [0.25, 0.3) is 0 Å². The van der Waals surface area contributed by atoms with Crippen LogP contribution in [-0.2, 0) is 11.3 Å². The van der Waals surface area contributed by atoms with Crippen molar-refractivity contribution >= 4 is 5.91 Å². The van der Waals surface area contributed by atoms with Crippen LogP contribution >= 0.6 is 0 Å². The third-order valence-electron chi connectivity index (χ3n) is 3.28.